The third-order valence-electron chi connectivity index (χ3n) is 2.53. The minimum atomic E-state index is 0.0924. The van der Waals surface area contributed by atoms with Crippen molar-refractivity contribution >= 4 is 5.78 Å². The first-order chi connectivity index (χ1) is 7.13. The molecule has 0 aliphatic rings. The summed E-state index contributed by atoms with van der Waals surface area (Å²) in [5.74, 6) is 1.03. The van der Waals surface area contributed by atoms with Crippen molar-refractivity contribution in [3.63, 3.8) is 0 Å². The summed E-state index contributed by atoms with van der Waals surface area (Å²) < 4.78 is 5.42. The van der Waals surface area contributed by atoms with Gasteiger partial charge in [-0.25, -0.2) is 0 Å². The van der Waals surface area contributed by atoms with Crippen LogP contribution in [-0.2, 0) is 4.79 Å². The molecule has 0 amide bonds. The van der Waals surface area contributed by atoms with E-state index in [2.05, 4.69) is 0 Å². The van der Waals surface area contributed by atoms with Crippen LogP contribution >= 0.6 is 0 Å². The molecule has 0 aromatic heterocycles. The van der Waals surface area contributed by atoms with Gasteiger partial charge in [0.15, 0.2) is 5.78 Å². The van der Waals surface area contributed by atoms with Crippen molar-refractivity contribution in [3.8, 4) is 5.75 Å². The van der Waals surface area contributed by atoms with Crippen LogP contribution in [0.3, 0.4) is 0 Å². The number of benzene rings is 1. The Kier molecular flexibility index (Phi) is 4.35. The standard InChI is InChI=1S/C13H18O2/c1-4-11(3)13(14)9-15-12-7-5-6-10(2)8-12/h5-8,11H,4,9H2,1-3H3. The Hall–Kier alpha value is -1.31. The minimum Gasteiger partial charge on any atom is -0.486 e. The van der Waals surface area contributed by atoms with Crippen molar-refractivity contribution in [1.82, 2.24) is 0 Å². The highest BCUT2D eigenvalue weighted by Gasteiger charge is 2.10. The predicted octanol–water partition coefficient (Wildman–Crippen LogP) is 2.99. The molecule has 1 atom stereocenters. The molecule has 0 saturated heterocycles. The summed E-state index contributed by atoms with van der Waals surface area (Å²) in [6.07, 6.45) is 0.871. The number of ketones is 1. The molecule has 15 heavy (non-hydrogen) atoms. The first-order valence-electron chi connectivity index (χ1n) is 5.35. The van der Waals surface area contributed by atoms with E-state index in [-0.39, 0.29) is 18.3 Å². The van der Waals surface area contributed by atoms with Gasteiger partial charge in [-0.1, -0.05) is 26.0 Å². The molecular formula is C13H18O2. The van der Waals surface area contributed by atoms with Crippen LogP contribution in [0.2, 0.25) is 0 Å². The van der Waals surface area contributed by atoms with Crippen molar-refractivity contribution in [1.29, 1.82) is 0 Å². The van der Waals surface area contributed by atoms with E-state index in [0.717, 1.165) is 17.7 Å². The van der Waals surface area contributed by atoms with Gasteiger partial charge in [0.2, 0.25) is 0 Å². The average Bonchev–Trinajstić information content (AvgIpc) is 2.25. The van der Waals surface area contributed by atoms with Crippen LogP contribution < -0.4 is 4.74 Å². The summed E-state index contributed by atoms with van der Waals surface area (Å²) in [6.45, 7) is 6.12. The largest absolute Gasteiger partial charge is 0.486 e. The van der Waals surface area contributed by atoms with Crippen molar-refractivity contribution in [2.45, 2.75) is 27.2 Å². The van der Waals surface area contributed by atoms with Gasteiger partial charge in [-0.05, 0) is 31.0 Å². The Bertz CT molecular complexity index is 331. The Balaban J connectivity index is 2.47. The van der Waals surface area contributed by atoms with Crippen molar-refractivity contribution in [2.24, 2.45) is 5.92 Å². The lowest BCUT2D eigenvalue weighted by molar-refractivity contribution is -0.124. The van der Waals surface area contributed by atoms with E-state index in [1.165, 1.54) is 0 Å². The maximum atomic E-state index is 11.5. The number of hydrogen-bond donors (Lipinski definition) is 0. The second-order valence-corrected chi connectivity index (χ2v) is 3.88. The monoisotopic (exact) mass is 206 g/mol. The molecule has 0 radical (unpaired) electrons. The lowest BCUT2D eigenvalue weighted by Crippen LogP contribution is -2.18. The maximum Gasteiger partial charge on any atom is 0.172 e. The summed E-state index contributed by atoms with van der Waals surface area (Å²) in [4.78, 5) is 11.5. The van der Waals surface area contributed by atoms with E-state index >= 15 is 0 Å². The first kappa shape index (κ1) is 11.8. The summed E-state index contributed by atoms with van der Waals surface area (Å²) in [6, 6.07) is 7.74. The van der Waals surface area contributed by atoms with E-state index in [0.29, 0.717) is 0 Å². The average molecular weight is 206 g/mol. The van der Waals surface area contributed by atoms with Crippen LogP contribution in [0.1, 0.15) is 25.8 Å². The van der Waals surface area contributed by atoms with Gasteiger partial charge in [0.05, 0.1) is 0 Å². The van der Waals surface area contributed by atoms with Crippen LogP contribution in [0.25, 0.3) is 0 Å². The second-order valence-electron chi connectivity index (χ2n) is 3.88. The zero-order chi connectivity index (χ0) is 11.3. The molecule has 0 spiro atoms. The number of carbonyl (C=O) groups is 1. The van der Waals surface area contributed by atoms with Crippen LogP contribution in [0.5, 0.6) is 5.75 Å². The Morgan fingerprint density at radius 1 is 1.47 bits per heavy atom. The van der Waals surface area contributed by atoms with Crippen LogP contribution in [0.15, 0.2) is 24.3 Å². The van der Waals surface area contributed by atoms with Gasteiger partial charge in [0, 0.05) is 5.92 Å². The summed E-state index contributed by atoms with van der Waals surface area (Å²) in [5, 5.41) is 0. The van der Waals surface area contributed by atoms with Crippen molar-refractivity contribution < 1.29 is 9.53 Å². The number of Topliss-reactive ketones (excluding diaryl/α,β-unsaturated/α-hetero) is 1. The SMILES string of the molecule is CCC(C)C(=O)COc1cccc(C)c1. The summed E-state index contributed by atoms with van der Waals surface area (Å²) in [5.41, 5.74) is 1.14. The quantitative estimate of drug-likeness (QED) is 0.740. The minimum absolute atomic E-state index is 0.0924. The summed E-state index contributed by atoms with van der Waals surface area (Å²) in [7, 11) is 0. The third kappa shape index (κ3) is 3.74. The molecule has 0 aliphatic heterocycles. The molecule has 82 valence electrons. The fourth-order valence-electron chi connectivity index (χ4n) is 1.23. The maximum absolute atomic E-state index is 11.5. The molecule has 1 aromatic carbocycles. The van der Waals surface area contributed by atoms with E-state index in [1.807, 2.05) is 45.0 Å². The number of hydrogen-bond acceptors (Lipinski definition) is 2. The van der Waals surface area contributed by atoms with Gasteiger partial charge in [-0.15, -0.1) is 0 Å². The Labute approximate surface area is 91.3 Å². The molecule has 1 unspecified atom stereocenters. The lowest BCUT2D eigenvalue weighted by atomic mass is 10.0. The number of ether oxygens (including phenoxy) is 1. The zero-order valence-corrected chi connectivity index (χ0v) is 9.62. The number of carbonyl (C=O) groups excluding carboxylic acids is 1. The molecule has 0 heterocycles. The Morgan fingerprint density at radius 3 is 2.80 bits per heavy atom. The van der Waals surface area contributed by atoms with Gasteiger partial charge in [0.1, 0.15) is 12.4 Å². The van der Waals surface area contributed by atoms with E-state index in [1.54, 1.807) is 0 Å². The van der Waals surface area contributed by atoms with Crippen molar-refractivity contribution in [2.75, 3.05) is 6.61 Å². The molecule has 1 aromatic rings. The zero-order valence-electron chi connectivity index (χ0n) is 9.62. The van der Waals surface area contributed by atoms with Gasteiger partial charge < -0.3 is 4.74 Å². The molecule has 1 rings (SSSR count). The molecule has 2 nitrogen and oxygen atoms in total. The van der Waals surface area contributed by atoms with E-state index in [4.69, 9.17) is 4.74 Å². The lowest BCUT2D eigenvalue weighted by Gasteiger charge is -2.09. The normalized spacial score (nSPS) is 12.2. The van der Waals surface area contributed by atoms with Crippen molar-refractivity contribution in [3.05, 3.63) is 29.8 Å². The fourth-order valence-corrected chi connectivity index (χ4v) is 1.23. The first-order valence-corrected chi connectivity index (χ1v) is 5.35. The molecule has 2 heteroatoms. The van der Waals surface area contributed by atoms with E-state index in [9.17, 15) is 4.79 Å². The molecule has 0 bridgehead atoms. The molecular weight excluding hydrogens is 188 g/mol. The van der Waals surface area contributed by atoms with E-state index < -0.39 is 0 Å². The highest BCUT2D eigenvalue weighted by Crippen LogP contribution is 2.13. The number of rotatable bonds is 5. The third-order valence-corrected chi connectivity index (χ3v) is 2.53. The van der Waals surface area contributed by atoms with Gasteiger partial charge in [0.25, 0.3) is 0 Å². The number of aryl methyl sites for hydroxylation is 1. The highest BCUT2D eigenvalue weighted by atomic mass is 16.5. The fraction of sp³-hybridized carbons (Fsp3) is 0.462. The molecule has 0 aliphatic carbocycles. The smallest absolute Gasteiger partial charge is 0.172 e. The summed E-state index contributed by atoms with van der Waals surface area (Å²) >= 11 is 0. The van der Waals surface area contributed by atoms with Crippen LogP contribution in [-0.4, -0.2) is 12.4 Å². The van der Waals surface area contributed by atoms with Gasteiger partial charge in [-0.3, -0.25) is 4.79 Å². The second kappa shape index (κ2) is 5.54. The topological polar surface area (TPSA) is 26.3 Å². The van der Waals surface area contributed by atoms with Crippen LogP contribution in [0, 0.1) is 12.8 Å². The van der Waals surface area contributed by atoms with Gasteiger partial charge in [-0.2, -0.15) is 0 Å². The molecule has 0 saturated carbocycles. The highest BCUT2D eigenvalue weighted by molar-refractivity contribution is 5.82. The molecule has 0 fully saturated rings. The predicted molar refractivity (Wildman–Crippen MR) is 61.1 cm³/mol. The Morgan fingerprint density at radius 2 is 2.20 bits per heavy atom. The van der Waals surface area contributed by atoms with Gasteiger partial charge >= 0.3 is 0 Å². The van der Waals surface area contributed by atoms with Crippen LogP contribution in [0.4, 0.5) is 0 Å². The molecule has 0 N–H and O–H groups in total.